The van der Waals surface area contributed by atoms with E-state index in [9.17, 15) is 0 Å². The molecule has 0 amide bonds. The van der Waals surface area contributed by atoms with Crippen LogP contribution in [0.15, 0.2) is 0 Å². The molecule has 0 aliphatic carbocycles. The first-order valence-electron chi connectivity index (χ1n) is 4.87. The van der Waals surface area contributed by atoms with Crippen molar-refractivity contribution in [2.75, 3.05) is 6.16 Å². The summed E-state index contributed by atoms with van der Waals surface area (Å²) < 4.78 is 0. The Balaban J connectivity index is 4.11. The Hall–Kier alpha value is 0.350. The smallest absolute Gasteiger partial charge is 0.165 e. The molecule has 1 unspecified atom stereocenters. The summed E-state index contributed by atoms with van der Waals surface area (Å²) in [7, 11) is -1.73. The van der Waals surface area contributed by atoms with Crippen LogP contribution < -0.4 is 0 Å². The third-order valence-electron chi connectivity index (χ3n) is 2.22. The number of hydrogen-bond donors (Lipinski definition) is 2. The Labute approximate surface area is 83.3 Å². The van der Waals surface area contributed by atoms with Crippen LogP contribution in [0.2, 0.25) is 0 Å². The van der Waals surface area contributed by atoms with Crippen LogP contribution in [0, 0.1) is 17.3 Å². The van der Waals surface area contributed by atoms with Crippen LogP contribution in [-0.2, 0) is 0 Å². The highest BCUT2D eigenvalue weighted by atomic mass is 31.2. The van der Waals surface area contributed by atoms with Gasteiger partial charge in [-0.25, -0.2) is 0 Å². The van der Waals surface area contributed by atoms with Crippen molar-refractivity contribution in [2.24, 2.45) is 17.3 Å². The zero-order valence-electron chi connectivity index (χ0n) is 9.41. The van der Waals surface area contributed by atoms with E-state index in [-0.39, 0.29) is 5.41 Å². The average Bonchev–Trinajstić information content (AvgIpc) is 1.81. The van der Waals surface area contributed by atoms with Crippen molar-refractivity contribution >= 4 is 8.38 Å². The van der Waals surface area contributed by atoms with Gasteiger partial charge in [-0.05, 0) is 23.7 Å². The minimum Gasteiger partial charge on any atom is -0.350 e. The Kier molecular flexibility index (Phi) is 5.43. The fourth-order valence-electron chi connectivity index (χ4n) is 1.51. The van der Waals surface area contributed by atoms with Crippen LogP contribution >= 0.6 is 8.38 Å². The van der Waals surface area contributed by atoms with Crippen molar-refractivity contribution in [3.8, 4) is 0 Å². The summed E-state index contributed by atoms with van der Waals surface area (Å²) in [6, 6.07) is 0. The van der Waals surface area contributed by atoms with E-state index in [4.69, 9.17) is 9.79 Å². The van der Waals surface area contributed by atoms with E-state index in [0.717, 1.165) is 6.42 Å². The molecule has 0 aromatic heterocycles. The third-order valence-corrected chi connectivity index (χ3v) is 3.01. The molecule has 0 fully saturated rings. The molecule has 2 nitrogen and oxygen atoms in total. The summed E-state index contributed by atoms with van der Waals surface area (Å²) >= 11 is 0. The molecule has 0 aromatic rings. The molecular formula is C10H23O2P. The molecule has 0 heterocycles. The van der Waals surface area contributed by atoms with Gasteiger partial charge in [0.05, 0.1) is 0 Å². The van der Waals surface area contributed by atoms with Crippen molar-refractivity contribution < 1.29 is 9.79 Å². The van der Waals surface area contributed by atoms with Crippen molar-refractivity contribution in [3.05, 3.63) is 0 Å². The first-order chi connectivity index (χ1) is 5.72. The van der Waals surface area contributed by atoms with E-state index >= 15 is 0 Å². The van der Waals surface area contributed by atoms with E-state index in [2.05, 4.69) is 34.6 Å². The molecule has 1 atom stereocenters. The molecule has 13 heavy (non-hydrogen) atoms. The summed E-state index contributed by atoms with van der Waals surface area (Å²) in [6.07, 6.45) is 1.62. The number of hydrogen-bond acceptors (Lipinski definition) is 2. The van der Waals surface area contributed by atoms with Crippen molar-refractivity contribution in [1.29, 1.82) is 0 Å². The van der Waals surface area contributed by atoms with Gasteiger partial charge in [0.1, 0.15) is 0 Å². The summed E-state index contributed by atoms with van der Waals surface area (Å²) in [5.74, 6) is 0.963. The molecule has 0 bridgehead atoms. The molecule has 3 heteroatoms. The van der Waals surface area contributed by atoms with Gasteiger partial charge < -0.3 is 9.79 Å². The molecule has 0 aliphatic rings. The minimum atomic E-state index is -1.73. The number of rotatable bonds is 4. The lowest BCUT2D eigenvalue weighted by Gasteiger charge is -2.28. The first kappa shape index (κ1) is 13.4. The summed E-state index contributed by atoms with van der Waals surface area (Å²) in [6.45, 7) is 10.9. The van der Waals surface area contributed by atoms with Crippen LogP contribution in [0.4, 0.5) is 0 Å². The minimum absolute atomic E-state index is 0.278. The normalized spacial score (nSPS) is 15.5. The van der Waals surface area contributed by atoms with Gasteiger partial charge in [0.25, 0.3) is 0 Å². The second-order valence-corrected chi connectivity index (χ2v) is 6.43. The second kappa shape index (κ2) is 5.29. The van der Waals surface area contributed by atoms with E-state index in [1.54, 1.807) is 0 Å². The van der Waals surface area contributed by atoms with E-state index in [0.29, 0.717) is 18.0 Å². The van der Waals surface area contributed by atoms with Crippen LogP contribution in [0.5, 0.6) is 0 Å². The van der Waals surface area contributed by atoms with Gasteiger partial charge in [-0.3, -0.25) is 0 Å². The standard InChI is InChI=1S/C10H23O2P/c1-8(2)9(7-13(11)12)6-10(3,4)5/h8-9,11-12H,6-7H2,1-5H3. The van der Waals surface area contributed by atoms with Gasteiger partial charge in [0, 0.05) is 6.16 Å². The third kappa shape index (κ3) is 7.42. The van der Waals surface area contributed by atoms with Crippen molar-refractivity contribution in [2.45, 2.75) is 41.0 Å². The first-order valence-corrected chi connectivity index (χ1v) is 6.31. The molecule has 2 N–H and O–H groups in total. The average molecular weight is 206 g/mol. The zero-order chi connectivity index (χ0) is 10.6. The maximum absolute atomic E-state index is 8.99. The Bertz CT molecular complexity index is 138. The molecule has 0 saturated heterocycles. The quantitative estimate of drug-likeness (QED) is 0.694. The van der Waals surface area contributed by atoms with E-state index in [1.807, 2.05) is 0 Å². The largest absolute Gasteiger partial charge is 0.350 e. The molecule has 0 aliphatic heterocycles. The highest BCUT2D eigenvalue weighted by molar-refractivity contribution is 7.45. The fourth-order valence-corrected chi connectivity index (χ4v) is 2.48. The Morgan fingerprint density at radius 3 is 1.85 bits per heavy atom. The molecule has 0 radical (unpaired) electrons. The van der Waals surface area contributed by atoms with Gasteiger partial charge in [-0.1, -0.05) is 34.6 Å². The van der Waals surface area contributed by atoms with Crippen LogP contribution in [0.25, 0.3) is 0 Å². The Morgan fingerprint density at radius 2 is 1.62 bits per heavy atom. The second-order valence-electron chi connectivity index (χ2n) is 5.32. The monoisotopic (exact) mass is 206 g/mol. The van der Waals surface area contributed by atoms with Crippen molar-refractivity contribution in [1.82, 2.24) is 0 Å². The lowest BCUT2D eigenvalue weighted by atomic mass is 9.81. The van der Waals surface area contributed by atoms with E-state index < -0.39 is 8.38 Å². The maximum atomic E-state index is 8.99. The van der Waals surface area contributed by atoms with Gasteiger partial charge in [0.15, 0.2) is 8.38 Å². The van der Waals surface area contributed by atoms with Crippen LogP contribution in [-0.4, -0.2) is 15.9 Å². The summed E-state index contributed by atoms with van der Waals surface area (Å²) in [5, 5.41) is 0. The van der Waals surface area contributed by atoms with Crippen molar-refractivity contribution in [3.63, 3.8) is 0 Å². The van der Waals surface area contributed by atoms with Gasteiger partial charge >= 0.3 is 0 Å². The van der Waals surface area contributed by atoms with Crippen LogP contribution in [0.3, 0.4) is 0 Å². The highest BCUT2D eigenvalue weighted by Crippen LogP contribution is 2.36. The lowest BCUT2D eigenvalue weighted by molar-refractivity contribution is 0.257. The highest BCUT2D eigenvalue weighted by Gasteiger charge is 2.23. The van der Waals surface area contributed by atoms with Gasteiger partial charge in [-0.2, -0.15) is 0 Å². The summed E-state index contributed by atoms with van der Waals surface area (Å²) in [5.41, 5.74) is 0.278. The lowest BCUT2D eigenvalue weighted by Crippen LogP contribution is -2.20. The Morgan fingerprint density at radius 1 is 1.15 bits per heavy atom. The molecule has 0 rings (SSSR count). The van der Waals surface area contributed by atoms with E-state index in [1.165, 1.54) is 0 Å². The summed E-state index contributed by atoms with van der Waals surface area (Å²) in [4.78, 5) is 18.0. The molecular weight excluding hydrogens is 183 g/mol. The SMILES string of the molecule is CC(C)C(CP(O)O)CC(C)(C)C. The predicted molar refractivity (Wildman–Crippen MR) is 58.6 cm³/mol. The van der Waals surface area contributed by atoms with Gasteiger partial charge in [-0.15, -0.1) is 0 Å². The topological polar surface area (TPSA) is 40.5 Å². The zero-order valence-corrected chi connectivity index (χ0v) is 10.3. The fraction of sp³-hybridized carbons (Fsp3) is 1.00. The molecule has 0 saturated carbocycles. The molecule has 0 spiro atoms. The molecule has 0 aromatic carbocycles. The molecule has 80 valence electrons. The van der Waals surface area contributed by atoms with Crippen LogP contribution in [0.1, 0.15) is 41.0 Å². The predicted octanol–water partition coefficient (Wildman–Crippen LogP) is 2.99. The van der Waals surface area contributed by atoms with Gasteiger partial charge in [0.2, 0.25) is 0 Å². The maximum Gasteiger partial charge on any atom is 0.165 e.